The van der Waals surface area contributed by atoms with Crippen molar-refractivity contribution in [3.8, 4) is 0 Å². The smallest absolute Gasteiger partial charge is 0.256 e. The molecule has 1 aromatic heterocycles. The van der Waals surface area contributed by atoms with Gasteiger partial charge in [0.15, 0.2) is 0 Å². The maximum Gasteiger partial charge on any atom is 0.256 e. The van der Waals surface area contributed by atoms with Crippen LogP contribution in [-0.4, -0.2) is 11.0 Å². The van der Waals surface area contributed by atoms with Gasteiger partial charge in [-0.05, 0) is 17.5 Å². The molecule has 0 aliphatic rings. The van der Waals surface area contributed by atoms with E-state index < -0.39 is 6.43 Å². The molecule has 1 atom stereocenters. The maximum absolute atomic E-state index is 12.0. The van der Waals surface area contributed by atoms with E-state index >= 15 is 0 Å². The minimum absolute atomic E-state index is 0.0751. The summed E-state index contributed by atoms with van der Waals surface area (Å²) in [6, 6.07) is 1.72. The van der Waals surface area contributed by atoms with Crippen LogP contribution >= 0.6 is 0 Å². The Morgan fingerprint density at radius 3 is 2.57 bits per heavy atom. The third-order valence-corrected chi connectivity index (χ3v) is 2.23. The molecule has 0 aromatic carbocycles. The third-order valence-electron chi connectivity index (χ3n) is 2.23. The number of nitrogens with two attached hydrogens (primary N) is 1. The van der Waals surface area contributed by atoms with Crippen molar-refractivity contribution in [3.05, 3.63) is 24.0 Å². The highest BCUT2D eigenvalue weighted by molar-refractivity contribution is 5.15. The fourth-order valence-corrected chi connectivity index (χ4v) is 1.31. The first-order chi connectivity index (χ1) is 6.50. The van der Waals surface area contributed by atoms with Gasteiger partial charge in [0.25, 0.3) is 6.43 Å². The Kier molecular flexibility index (Phi) is 3.63. The summed E-state index contributed by atoms with van der Waals surface area (Å²) in [6.07, 6.45) is 1.02. The van der Waals surface area contributed by atoms with Crippen LogP contribution in [0, 0.1) is 5.92 Å². The van der Waals surface area contributed by atoms with Crippen molar-refractivity contribution >= 4 is 0 Å². The van der Waals surface area contributed by atoms with E-state index in [1.54, 1.807) is 18.5 Å². The summed E-state index contributed by atoms with van der Waals surface area (Å²) < 4.78 is 25.5. The lowest BCUT2D eigenvalue weighted by Gasteiger charge is -2.13. The normalized spacial score (nSPS) is 13.9. The van der Waals surface area contributed by atoms with Crippen molar-refractivity contribution in [1.82, 2.24) is 4.57 Å². The molecule has 0 saturated heterocycles. The minimum Gasteiger partial charge on any atom is -0.348 e. The maximum atomic E-state index is 12.0. The van der Waals surface area contributed by atoms with E-state index in [9.17, 15) is 8.78 Å². The molecule has 14 heavy (non-hydrogen) atoms. The van der Waals surface area contributed by atoms with Crippen molar-refractivity contribution in [2.24, 2.45) is 11.7 Å². The van der Waals surface area contributed by atoms with E-state index in [-0.39, 0.29) is 12.6 Å². The van der Waals surface area contributed by atoms with E-state index in [2.05, 4.69) is 0 Å². The molecule has 0 radical (unpaired) electrons. The van der Waals surface area contributed by atoms with Gasteiger partial charge >= 0.3 is 0 Å². The zero-order valence-corrected chi connectivity index (χ0v) is 8.45. The van der Waals surface area contributed by atoms with E-state index in [4.69, 9.17) is 5.73 Å². The second kappa shape index (κ2) is 4.55. The molecule has 0 saturated carbocycles. The van der Waals surface area contributed by atoms with Crippen LogP contribution in [0.5, 0.6) is 0 Å². The summed E-state index contributed by atoms with van der Waals surface area (Å²) in [6.45, 7) is 3.76. The van der Waals surface area contributed by atoms with Gasteiger partial charge in [-0.25, -0.2) is 8.78 Å². The van der Waals surface area contributed by atoms with Crippen LogP contribution in [0.3, 0.4) is 0 Å². The minimum atomic E-state index is -2.31. The topological polar surface area (TPSA) is 30.9 Å². The lowest BCUT2D eigenvalue weighted by Crippen LogP contribution is -2.16. The summed E-state index contributed by atoms with van der Waals surface area (Å²) in [5.41, 5.74) is 6.80. The molecular weight excluding hydrogens is 186 g/mol. The Morgan fingerprint density at radius 1 is 1.43 bits per heavy atom. The Bertz CT molecular complexity index is 281. The van der Waals surface area contributed by atoms with Crippen LogP contribution in [0.2, 0.25) is 0 Å². The van der Waals surface area contributed by atoms with Gasteiger partial charge in [-0.15, -0.1) is 0 Å². The number of halogens is 2. The van der Waals surface area contributed by atoms with Gasteiger partial charge in [0.1, 0.15) is 0 Å². The van der Waals surface area contributed by atoms with Crippen LogP contribution in [0.4, 0.5) is 8.78 Å². The number of hydrogen-bond donors (Lipinski definition) is 1. The van der Waals surface area contributed by atoms with Crippen LogP contribution in [0.1, 0.15) is 25.5 Å². The Labute approximate surface area is 82.7 Å². The van der Waals surface area contributed by atoms with Gasteiger partial charge in [0.2, 0.25) is 0 Å². The highest BCUT2D eigenvalue weighted by Gasteiger charge is 2.12. The molecule has 4 heteroatoms. The summed E-state index contributed by atoms with van der Waals surface area (Å²) in [5, 5.41) is 0. The summed E-state index contributed by atoms with van der Waals surface area (Å²) in [7, 11) is 0. The summed E-state index contributed by atoms with van der Waals surface area (Å²) >= 11 is 0. The molecule has 0 aliphatic heterocycles. The fraction of sp³-hybridized carbons (Fsp3) is 0.600. The molecule has 0 fully saturated rings. The van der Waals surface area contributed by atoms with Gasteiger partial charge < -0.3 is 10.3 Å². The number of aromatic nitrogens is 1. The summed E-state index contributed by atoms with van der Waals surface area (Å²) in [5.74, 6) is 0.317. The molecule has 2 nitrogen and oxygen atoms in total. The molecule has 0 amide bonds. The number of nitrogens with zero attached hydrogens (tertiary/aromatic N) is 1. The largest absolute Gasteiger partial charge is 0.348 e. The molecule has 0 bridgehead atoms. The van der Waals surface area contributed by atoms with E-state index in [0.717, 1.165) is 5.56 Å². The molecule has 1 aromatic rings. The molecule has 80 valence electrons. The third kappa shape index (κ3) is 2.80. The zero-order valence-electron chi connectivity index (χ0n) is 8.45. The molecule has 1 rings (SSSR count). The second-order valence-electron chi connectivity index (χ2n) is 3.80. The predicted octanol–water partition coefficient (Wildman–Crippen LogP) is 2.41. The molecule has 1 unspecified atom stereocenters. The van der Waals surface area contributed by atoms with Crippen molar-refractivity contribution < 1.29 is 8.78 Å². The number of rotatable bonds is 4. The molecule has 1 heterocycles. The SMILES string of the molecule is CC(C)C(N)c1ccn(CC(F)F)c1. The average molecular weight is 202 g/mol. The van der Waals surface area contributed by atoms with Crippen LogP contribution in [-0.2, 0) is 6.54 Å². The Hall–Kier alpha value is -0.900. The van der Waals surface area contributed by atoms with Crippen molar-refractivity contribution in [3.63, 3.8) is 0 Å². The van der Waals surface area contributed by atoms with E-state index in [0.29, 0.717) is 5.92 Å². The average Bonchev–Trinajstić information content (AvgIpc) is 2.50. The second-order valence-corrected chi connectivity index (χ2v) is 3.80. The van der Waals surface area contributed by atoms with E-state index in [1.807, 2.05) is 13.8 Å². The summed E-state index contributed by atoms with van der Waals surface area (Å²) in [4.78, 5) is 0. The van der Waals surface area contributed by atoms with Crippen LogP contribution < -0.4 is 5.73 Å². The predicted molar refractivity (Wildman–Crippen MR) is 52.2 cm³/mol. The molecule has 0 aliphatic carbocycles. The highest BCUT2D eigenvalue weighted by atomic mass is 19.3. The van der Waals surface area contributed by atoms with Crippen molar-refractivity contribution in [2.75, 3.05) is 0 Å². The Morgan fingerprint density at radius 2 is 2.07 bits per heavy atom. The zero-order chi connectivity index (χ0) is 10.7. The fourth-order valence-electron chi connectivity index (χ4n) is 1.31. The van der Waals surface area contributed by atoms with Crippen molar-refractivity contribution in [2.45, 2.75) is 32.9 Å². The first-order valence-corrected chi connectivity index (χ1v) is 4.70. The van der Waals surface area contributed by atoms with Crippen molar-refractivity contribution in [1.29, 1.82) is 0 Å². The first kappa shape index (κ1) is 11.2. The van der Waals surface area contributed by atoms with Gasteiger partial charge in [0.05, 0.1) is 6.54 Å². The highest BCUT2D eigenvalue weighted by Crippen LogP contribution is 2.19. The van der Waals surface area contributed by atoms with Crippen LogP contribution in [0.15, 0.2) is 18.5 Å². The Balaban J connectivity index is 2.67. The monoisotopic (exact) mass is 202 g/mol. The van der Waals surface area contributed by atoms with Gasteiger partial charge in [0, 0.05) is 18.4 Å². The van der Waals surface area contributed by atoms with Gasteiger partial charge in [-0.1, -0.05) is 13.8 Å². The standard InChI is InChI=1S/C10H16F2N2/c1-7(2)10(13)8-3-4-14(5-8)6-9(11)12/h3-5,7,9-10H,6,13H2,1-2H3. The number of alkyl halides is 2. The quantitative estimate of drug-likeness (QED) is 0.798. The van der Waals surface area contributed by atoms with E-state index in [1.165, 1.54) is 4.57 Å². The van der Waals surface area contributed by atoms with Crippen LogP contribution in [0.25, 0.3) is 0 Å². The number of hydrogen-bond acceptors (Lipinski definition) is 1. The molecule has 2 N–H and O–H groups in total. The molecule has 0 spiro atoms. The first-order valence-electron chi connectivity index (χ1n) is 4.70. The van der Waals surface area contributed by atoms with Gasteiger partial charge in [-0.3, -0.25) is 0 Å². The lowest BCUT2D eigenvalue weighted by molar-refractivity contribution is 0.126. The van der Waals surface area contributed by atoms with Gasteiger partial charge in [-0.2, -0.15) is 0 Å². The molecular formula is C10H16F2N2. The lowest BCUT2D eigenvalue weighted by atomic mass is 10.00.